The van der Waals surface area contributed by atoms with Crippen LogP contribution in [0.15, 0.2) is 40.8 Å². The largest absolute Gasteiger partial charge is 0.329 e. The van der Waals surface area contributed by atoms with Crippen LogP contribution in [0.5, 0.6) is 0 Å². The third-order valence-electron chi connectivity index (χ3n) is 4.16. The Hall–Kier alpha value is -2.80. The molecule has 0 fully saturated rings. The minimum Gasteiger partial charge on any atom is -0.329 e. The number of nitrogens with one attached hydrogen (secondary N) is 1. The van der Waals surface area contributed by atoms with Gasteiger partial charge in [-0.3, -0.25) is 9.48 Å². The summed E-state index contributed by atoms with van der Waals surface area (Å²) in [5.74, 6) is 0. The van der Waals surface area contributed by atoms with Crippen LogP contribution in [0.25, 0.3) is 32.9 Å². The highest BCUT2D eigenvalue weighted by atomic mass is 32.1. The van der Waals surface area contributed by atoms with Gasteiger partial charge in [0.05, 0.1) is 16.6 Å². The molecule has 0 radical (unpaired) electrons. The van der Waals surface area contributed by atoms with E-state index >= 15 is 0 Å². The molecule has 0 amide bonds. The molecule has 4 heterocycles. The van der Waals surface area contributed by atoms with Crippen molar-refractivity contribution in [1.82, 2.24) is 24.7 Å². The molecule has 7 heteroatoms. The molecule has 0 bridgehead atoms. The van der Waals surface area contributed by atoms with Crippen molar-refractivity contribution in [1.29, 1.82) is 0 Å². The molecule has 1 N–H and O–H groups in total. The van der Waals surface area contributed by atoms with Crippen LogP contribution in [-0.2, 0) is 6.54 Å². The minimum atomic E-state index is -0.163. The molecule has 4 aromatic heterocycles. The Bertz CT molecular complexity index is 1090. The maximum atomic E-state index is 12.2. The Balaban J connectivity index is 2.05. The predicted molar refractivity (Wildman–Crippen MR) is 99.7 cm³/mol. The number of pyridine rings is 2. The van der Waals surface area contributed by atoms with Crippen molar-refractivity contribution in [2.24, 2.45) is 0 Å². The first kappa shape index (κ1) is 15.7. The smallest absolute Gasteiger partial charge is 0.257 e. The van der Waals surface area contributed by atoms with E-state index in [1.807, 2.05) is 16.1 Å². The second kappa shape index (κ2) is 6.25. The van der Waals surface area contributed by atoms with Gasteiger partial charge in [0.15, 0.2) is 5.65 Å². The summed E-state index contributed by atoms with van der Waals surface area (Å²) in [7, 11) is 0. The Morgan fingerprint density at radius 2 is 2.20 bits per heavy atom. The molecule has 25 heavy (non-hydrogen) atoms. The molecule has 0 saturated heterocycles. The molecule has 0 aliphatic carbocycles. The van der Waals surface area contributed by atoms with E-state index in [2.05, 4.69) is 33.9 Å². The van der Waals surface area contributed by atoms with Crippen molar-refractivity contribution in [2.75, 3.05) is 0 Å². The standard InChI is InChI=1S/C18H17N5OS/c1-3-8-23-11(2)15-13(18-20-7-9-25-18)10-14(21-16(15)22-23)12-5-4-6-19-17(12)24/h4-7,9-10H,3,8H2,1-2H3,(H,19,24). The van der Waals surface area contributed by atoms with Crippen molar-refractivity contribution in [2.45, 2.75) is 26.8 Å². The molecule has 4 rings (SSSR count). The lowest BCUT2D eigenvalue weighted by atomic mass is 10.1. The number of rotatable bonds is 4. The molecule has 0 aliphatic rings. The molecule has 126 valence electrons. The van der Waals surface area contributed by atoms with E-state index in [9.17, 15) is 4.79 Å². The summed E-state index contributed by atoms with van der Waals surface area (Å²) < 4.78 is 1.98. The van der Waals surface area contributed by atoms with E-state index in [0.717, 1.165) is 34.6 Å². The number of hydrogen-bond acceptors (Lipinski definition) is 5. The van der Waals surface area contributed by atoms with Gasteiger partial charge in [-0.1, -0.05) is 6.92 Å². The monoisotopic (exact) mass is 351 g/mol. The van der Waals surface area contributed by atoms with E-state index < -0.39 is 0 Å². The highest BCUT2D eigenvalue weighted by Crippen LogP contribution is 2.34. The van der Waals surface area contributed by atoms with Gasteiger partial charge in [-0.25, -0.2) is 9.97 Å². The highest BCUT2D eigenvalue weighted by Gasteiger charge is 2.18. The van der Waals surface area contributed by atoms with E-state index in [4.69, 9.17) is 0 Å². The average Bonchev–Trinajstić information content (AvgIpc) is 3.24. The zero-order valence-electron chi connectivity index (χ0n) is 14.0. The SMILES string of the molecule is CCCn1nc2nc(-c3ccc[nH]c3=O)cc(-c3nccs3)c2c1C. The van der Waals surface area contributed by atoms with Gasteiger partial charge in [-0.15, -0.1) is 11.3 Å². The number of H-pyrrole nitrogens is 1. The van der Waals surface area contributed by atoms with Crippen molar-refractivity contribution < 1.29 is 0 Å². The molecule has 0 aliphatic heterocycles. The van der Waals surface area contributed by atoms with Crippen molar-refractivity contribution in [3.8, 4) is 21.8 Å². The third-order valence-corrected chi connectivity index (χ3v) is 4.96. The predicted octanol–water partition coefficient (Wildman–Crippen LogP) is 3.63. The van der Waals surface area contributed by atoms with Crippen LogP contribution in [0.3, 0.4) is 0 Å². The second-order valence-electron chi connectivity index (χ2n) is 5.81. The molecule has 0 unspecified atom stereocenters. The summed E-state index contributed by atoms with van der Waals surface area (Å²) in [6.07, 6.45) is 4.39. The van der Waals surface area contributed by atoms with E-state index in [0.29, 0.717) is 16.9 Å². The Morgan fingerprint density at radius 3 is 2.92 bits per heavy atom. The van der Waals surface area contributed by atoms with Crippen LogP contribution >= 0.6 is 11.3 Å². The lowest BCUT2D eigenvalue weighted by Crippen LogP contribution is -2.08. The minimum absolute atomic E-state index is 0.163. The van der Waals surface area contributed by atoms with Crippen LogP contribution in [0, 0.1) is 6.92 Å². The lowest BCUT2D eigenvalue weighted by molar-refractivity contribution is 0.592. The molecule has 0 saturated carbocycles. The van der Waals surface area contributed by atoms with Gasteiger partial charge < -0.3 is 4.98 Å². The van der Waals surface area contributed by atoms with Gasteiger partial charge in [-0.2, -0.15) is 5.10 Å². The fourth-order valence-electron chi connectivity index (χ4n) is 2.99. The first-order valence-corrected chi connectivity index (χ1v) is 9.03. The van der Waals surface area contributed by atoms with Gasteiger partial charge in [0.2, 0.25) is 0 Å². The number of aryl methyl sites for hydroxylation is 2. The molecule has 0 aromatic carbocycles. The molecular weight excluding hydrogens is 334 g/mol. The van der Waals surface area contributed by atoms with Crippen molar-refractivity contribution in [3.05, 3.63) is 52.0 Å². The van der Waals surface area contributed by atoms with Gasteiger partial charge in [0.1, 0.15) is 5.01 Å². The second-order valence-corrected chi connectivity index (χ2v) is 6.71. The number of fused-ring (bicyclic) bond motifs is 1. The van der Waals surface area contributed by atoms with E-state index in [1.54, 1.807) is 35.9 Å². The molecular formula is C18H17N5OS. The number of aromatic nitrogens is 5. The Labute approximate surface area is 148 Å². The Kier molecular flexibility index (Phi) is 3.93. The van der Waals surface area contributed by atoms with Gasteiger partial charge in [0, 0.05) is 35.6 Å². The summed E-state index contributed by atoms with van der Waals surface area (Å²) in [6.45, 7) is 5.01. The quantitative estimate of drug-likeness (QED) is 0.609. The number of hydrogen-bond donors (Lipinski definition) is 1. The summed E-state index contributed by atoms with van der Waals surface area (Å²) in [4.78, 5) is 24.0. The number of aromatic amines is 1. The lowest BCUT2D eigenvalue weighted by Gasteiger charge is -2.05. The normalized spacial score (nSPS) is 11.3. The summed E-state index contributed by atoms with van der Waals surface area (Å²) in [5, 5.41) is 8.51. The average molecular weight is 351 g/mol. The van der Waals surface area contributed by atoms with Gasteiger partial charge >= 0.3 is 0 Å². The Morgan fingerprint density at radius 1 is 1.32 bits per heavy atom. The van der Waals surface area contributed by atoms with E-state index in [1.165, 1.54) is 0 Å². The topological polar surface area (TPSA) is 76.5 Å². The summed E-state index contributed by atoms with van der Waals surface area (Å²) in [6, 6.07) is 5.51. The summed E-state index contributed by atoms with van der Waals surface area (Å²) >= 11 is 1.57. The zero-order valence-corrected chi connectivity index (χ0v) is 14.8. The maximum absolute atomic E-state index is 12.2. The van der Waals surface area contributed by atoms with Crippen LogP contribution in [0.2, 0.25) is 0 Å². The highest BCUT2D eigenvalue weighted by molar-refractivity contribution is 7.13. The summed E-state index contributed by atoms with van der Waals surface area (Å²) in [5.41, 5.74) is 3.67. The molecule has 0 spiro atoms. The van der Waals surface area contributed by atoms with Crippen molar-refractivity contribution in [3.63, 3.8) is 0 Å². The number of nitrogens with zero attached hydrogens (tertiary/aromatic N) is 4. The third kappa shape index (κ3) is 2.66. The zero-order chi connectivity index (χ0) is 17.4. The first-order valence-electron chi connectivity index (χ1n) is 8.15. The van der Waals surface area contributed by atoms with E-state index in [-0.39, 0.29) is 5.56 Å². The van der Waals surface area contributed by atoms with Crippen LogP contribution in [0.4, 0.5) is 0 Å². The fourth-order valence-corrected chi connectivity index (χ4v) is 3.66. The van der Waals surface area contributed by atoms with Gasteiger partial charge in [-0.05, 0) is 31.5 Å². The first-order chi connectivity index (χ1) is 12.2. The fraction of sp³-hybridized carbons (Fsp3) is 0.222. The maximum Gasteiger partial charge on any atom is 0.257 e. The number of thiazole rings is 1. The van der Waals surface area contributed by atoms with Crippen molar-refractivity contribution >= 4 is 22.4 Å². The molecule has 6 nitrogen and oxygen atoms in total. The van der Waals surface area contributed by atoms with Crippen LogP contribution < -0.4 is 5.56 Å². The van der Waals surface area contributed by atoms with Gasteiger partial charge in [0.25, 0.3) is 5.56 Å². The molecule has 0 atom stereocenters. The van der Waals surface area contributed by atoms with Crippen LogP contribution in [-0.4, -0.2) is 24.7 Å². The molecule has 4 aromatic rings. The van der Waals surface area contributed by atoms with Crippen LogP contribution in [0.1, 0.15) is 19.0 Å².